The van der Waals surface area contributed by atoms with Crippen molar-refractivity contribution in [2.24, 2.45) is 0 Å². The minimum absolute atomic E-state index is 0.0529. The van der Waals surface area contributed by atoms with Crippen LogP contribution in [0.25, 0.3) is 11.1 Å². The number of nitrogens with zero attached hydrogens (tertiary/aromatic N) is 2. The van der Waals surface area contributed by atoms with Gasteiger partial charge in [0.15, 0.2) is 5.82 Å². The zero-order chi connectivity index (χ0) is 21.8. The molecule has 1 heterocycles. The first kappa shape index (κ1) is 20.5. The molecule has 2 aromatic carbocycles. The maximum atomic E-state index is 12.4. The van der Waals surface area contributed by atoms with E-state index in [0.717, 1.165) is 33.8 Å². The van der Waals surface area contributed by atoms with Crippen molar-refractivity contribution in [1.29, 1.82) is 0 Å². The number of amides is 2. The number of rotatable bonds is 7. The second-order valence-electron chi connectivity index (χ2n) is 6.90. The molecule has 0 fully saturated rings. The highest BCUT2D eigenvalue weighted by molar-refractivity contribution is 7.03. The lowest BCUT2D eigenvalue weighted by Crippen LogP contribution is -2.45. The van der Waals surface area contributed by atoms with Crippen molar-refractivity contribution in [3.63, 3.8) is 0 Å². The normalized spacial score (nSPS) is 13.0. The van der Waals surface area contributed by atoms with Crippen LogP contribution in [0.1, 0.15) is 23.5 Å². The van der Waals surface area contributed by atoms with E-state index in [1.165, 1.54) is 5.38 Å². The summed E-state index contributed by atoms with van der Waals surface area (Å²) in [4.78, 5) is 35.9. The number of carboxylic acids is 1. The van der Waals surface area contributed by atoms with Gasteiger partial charge in [0.05, 0.1) is 11.8 Å². The summed E-state index contributed by atoms with van der Waals surface area (Å²) in [5, 5.41) is 19.0. The Morgan fingerprint density at radius 2 is 1.71 bits per heavy atom. The molecule has 31 heavy (non-hydrogen) atoms. The molecule has 10 heteroatoms. The zero-order valence-electron chi connectivity index (χ0n) is 16.1. The number of nitrogens with one attached hydrogen (secondary N) is 2. The van der Waals surface area contributed by atoms with Crippen LogP contribution in [0.2, 0.25) is 0 Å². The molecule has 3 aromatic rings. The van der Waals surface area contributed by atoms with Crippen molar-refractivity contribution >= 4 is 35.3 Å². The average molecular weight is 438 g/mol. The second kappa shape index (κ2) is 8.92. The van der Waals surface area contributed by atoms with Crippen LogP contribution in [-0.4, -0.2) is 45.3 Å². The van der Waals surface area contributed by atoms with E-state index in [4.69, 9.17) is 9.84 Å². The zero-order valence-corrected chi connectivity index (χ0v) is 17.0. The molecule has 0 spiro atoms. The molecule has 1 unspecified atom stereocenters. The molecule has 9 nitrogen and oxygen atoms in total. The van der Waals surface area contributed by atoms with Crippen molar-refractivity contribution in [3.8, 4) is 11.1 Å². The Morgan fingerprint density at radius 1 is 1.06 bits per heavy atom. The summed E-state index contributed by atoms with van der Waals surface area (Å²) in [5.41, 5.74) is 4.28. The quantitative estimate of drug-likeness (QED) is 0.517. The van der Waals surface area contributed by atoms with Crippen LogP contribution in [0.3, 0.4) is 0 Å². The molecule has 0 saturated heterocycles. The molecule has 2 amide bonds. The van der Waals surface area contributed by atoms with E-state index in [-0.39, 0.29) is 18.3 Å². The van der Waals surface area contributed by atoms with Crippen LogP contribution in [0, 0.1) is 0 Å². The van der Waals surface area contributed by atoms with Crippen LogP contribution in [0.4, 0.5) is 10.6 Å². The number of carbonyl (C=O) groups excluding carboxylic acids is 2. The predicted molar refractivity (Wildman–Crippen MR) is 113 cm³/mol. The molecular weight excluding hydrogens is 420 g/mol. The fourth-order valence-corrected chi connectivity index (χ4v) is 3.99. The Morgan fingerprint density at radius 3 is 2.29 bits per heavy atom. The molecule has 0 bridgehead atoms. The van der Waals surface area contributed by atoms with E-state index in [9.17, 15) is 14.4 Å². The van der Waals surface area contributed by atoms with E-state index >= 15 is 0 Å². The third kappa shape index (κ3) is 4.53. The molecular formula is C21H18N4O5S. The Bertz CT molecular complexity index is 1070. The van der Waals surface area contributed by atoms with Crippen LogP contribution >= 0.6 is 11.5 Å². The number of carbonyl (C=O) groups is 3. The lowest BCUT2D eigenvalue weighted by atomic mass is 9.98. The smallest absolute Gasteiger partial charge is 0.407 e. The molecule has 0 radical (unpaired) electrons. The molecule has 1 aromatic heterocycles. The van der Waals surface area contributed by atoms with Crippen molar-refractivity contribution in [2.75, 3.05) is 11.9 Å². The topological polar surface area (TPSA) is 131 Å². The van der Waals surface area contributed by atoms with Crippen molar-refractivity contribution in [2.45, 2.75) is 18.4 Å². The Balaban J connectivity index is 1.43. The Kier molecular flexibility index (Phi) is 5.89. The monoisotopic (exact) mass is 438 g/mol. The van der Waals surface area contributed by atoms with Crippen LogP contribution < -0.4 is 10.6 Å². The summed E-state index contributed by atoms with van der Waals surface area (Å²) in [5.74, 6) is -1.93. The SMILES string of the molecule is O=C(O)CC(NC(=O)OCC1c2ccccc2-c2ccccc21)C(=O)Nc1csnn1. The minimum Gasteiger partial charge on any atom is -0.481 e. The molecule has 4 rings (SSSR count). The molecule has 0 aliphatic heterocycles. The third-order valence-corrected chi connectivity index (χ3v) is 5.45. The fourth-order valence-electron chi connectivity index (χ4n) is 3.60. The molecule has 158 valence electrons. The standard InChI is InChI=1S/C21H18N4O5S/c26-19(27)9-17(20(28)23-18-11-31-25-24-18)22-21(29)30-10-16-14-7-3-1-5-12(14)13-6-2-4-8-15(13)16/h1-8,11,16-17H,9-10H2,(H,22,29)(H,23,28)(H,26,27). The summed E-state index contributed by atoms with van der Waals surface area (Å²) in [6.45, 7) is 0.0529. The van der Waals surface area contributed by atoms with Gasteiger partial charge in [-0.05, 0) is 33.8 Å². The Hall–Kier alpha value is -3.79. The van der Waals surface area contributed by atoms with Crippen LogP contribution in [0.15, 0.2) is 53.9 Å². The van der Waals surface area contributed by atoms with E-state index < -0.39 is 30.4 Å². The molecule has 0 saturated carbocycles. The highest BCUT2D eigenvalue weighted by atomic mass is 32.1. The second-order valence-corrected chi connectivity index (χ2v) is 7.51. The molecule has 1 aliphatic carbocycles. The molecule has 1 atom stereocenters. The van der Waals surface area contributed by atoms with Gasteiger partial charge < -0.3 is 20.5 Å². The largest absolute Gasteiger partial charge is 0.481 e. The van der Waals surface area contributed by atoms with Crippen LogP contribution in [0.5, 0.6) is 0 Å². The number of fused-ring (bicyclic) bond motifs is 3. The number of anilines is 1. The number of ether oxygens (including phenoxy) is 1. The van der Waals surface area contributed by atoms with Gasteiger partial charge >= 0.3 is 12.1 Å². The summed E-state index contributed by atoms with van der Waals surface area (Å²) in [6.07, 6.45) is -1.48. The lowest BCUT2D eigenvalue weighted by molar-refractivity contribution is -0.139. The highest BCUT2D eigenvalue weighted by Crippen LogP contribution is 2.44. The van der Waals surface area contributed by atoms with Crippen molar-refractivity contribution in [1.82, 2.24) is 14.9 Å². The maximum absolute atomic E-state index is 12.4. The number of carboxylic acid groups (broad SMARTS) is 1. The van der Waals surface area contributed by atoms with Gasteiger partial charge in [-0.1, -0.05) is 53.0 Å². The van der Waals surface area contributed by atoms with E-state index in [0.29, 0.717) is 0 Å². The number of hydrogen-bond acceptors (Lipinski definition) is 7. The maximum Gasteiger partial charge on any atom is 0.407 e. The summed E-state index contributed by atoms with van der Waals surface area (Å²) in [6, 6.07) is 14.5. The van der Waals surface area contributed by atoms with Gasteiger partial charge in [0.1, 0.15) is 12.6 Å². The van der Waals surface area contributed by atoms with Gasteiger partial charge in [-0.25, -0.2) is 4.79 Å². The first-order valence-corrected chi connectivity index (χ1v) is 10.3. The van der Waals surface area contributed by atoms with Crippen LogP contribution in [-0.2, 0) is 14.3 Å². The molecule has 1 aliphatic rings. The van der Waals surface area contributed by atoms with Gasteiger partial charge in [-0.15, -0.1) is 5.10 Å². The number of benzene rings is 2. The number of aromatic nitrogens is 2. The van der Waals surface area contributed by atoms with E-state index in [1.54, 1.807) is 0 Å². The third-order valence-electron chi connectivity index (χ3n) is 4.94. The Labute approximate surface area is 181 Å². The predicted octanol–water partition coefficient (Wildman–Crippen LogP) is 2.86. The summed E-state index contributed by atoms with van der Waals surface area (Å²) >= 11 is 1.03. The average Bonchev–Trinajstić information content (AvgIpc) is 3.37. The number of alkyl carbamates (subject to hydrolysis) is 1. The summed E-state index contributed by atoms with van der Waals surface area (Å²) in [7, 11) is 0. The summed E-state index contributed by atoms with van der Waals surface area (Å²) < 4.78 is 9.00. The van der Waals surface area contributed by atoms with Gasteiger partial charge in [-0.2, -0.15) is 0 Å². The minimum atomic E-state index is -1.32. The van der Waals surface area contributed by atoms with Gasteiger partial charge in [-0.3, -0.25) is 9.59 Å². The molecule has 3 N–H and O–H groups in total. The van der Waals surface area contributed by atoms with Gasteiger partial charge in [0, 0.05) is 5.92 Å². The van der Waals surface area contributed by atoms with Crippen molar-refractivity contribution in [3.05, 3.63) is 65.0 Å². The number of aliphatic carboxylic acids is 1. The van der Waals surface area contributed by atoms with Crippen molar-refractivity contribution < 1.29 is 24.2 Å². The first-order chi connectivity index (χ1) is 15.0. The van der Waals surface area contributed by atoms with E-state index in [1.807, 2.05) is 48.5 Å². The first-order valence-electron chi connectivity index (χ1n) is 9.44. The lowest BCUT2D eigenvalue weighted by Gasteiger charge is -2.18. The fraction of sp³-hybridized carbons (Fsp3) is 0.190. The van der Waals surface area contributed by atoms with Gasteiger partial charge in [0.25, 0.3) is 0 Å². The highest BCUT2D eigenvalue weighted by Gasteiger charge is 2.30. The number of hydrogen-bond donors (Lipinski definition) is 3. The van der Waals surface area contributed by atoms with Gasteiger partial charge in [0.2, 0.25) is 5.91 Å². The van der Waals surface area contributed by atoms with E-state index in [2.05, 4.69) is 20.2 Å².